The molecule has 0 fully saturated rings. The van der Waals surface area contributed by atoms with Crippen LogP contribution in [0.1, 0.15) is 19.8 Å². The number of nitro groups is 1. The van der Waals surface area contributed by atoms with Crippen LogP contribution in [0.3, 0.4) is 0 Å². The summed E-state index contributed by atoms with van der Waals surface area (Å²) in [4.78, 5) is 14.2. The third-order valence-corrected chi connectivity index (χ3v) is 2.38. The molecule has 0 amide bonds. The molecule has 0 radical (unpaired) electrons. The molecule has 0 aromatic carbocycles. The Morgan fingerprint density at radius 2 is 2.33 bits per heavy atom. The largest absolute Gasteiger partial charge is 0.481 e. The Morgan fingerprint density at radius 1 is 1.61 bits per heavy atom. The normalized spacial score (nSPS) is 11.9. The highest BCUT2D eigenvalue weighted by Crippen LogP contribution is 2.24. The second kappa shape index (κ2) is 6.75. The maximum absolute atomic E-state index is 10.8. The summed E-state index contributed by atoms with van der Waals surface area (Å²) in [6, 6.07) is 2.74. The van der Waals surface area contributed by atoms with E-state index >= 15 is 0 Å². The average Bonchev–Trinajstić information content (AvgIpc) is 2.36. The van der Waals surface area contributed by atoms with Crippen LogP contribution in [0.5, 0.6) is 5.88 Å². The summed E-state index contributed by atoms with van der Waals surface area (Å²) >= 11 is 0. The third kappa shape index (κ3) is 3.85. The molecule has 0 bridgehead atoms. The van der Waals surface area contributed by atoms with Crippen LogP contribution in [-0.2, 0) is 0 Å². The standard InChI is InChI=1S/C11H17N3O4/c1-3-4-8(15)7-12-11-9(14(16)17)5-6-10(13-11)18-2/h5-6,8,15H,3-4,7H2,1-2H3,(H,12,13). The number of nitrogens with one attached hydrogen (secondary N) is 1. The van der Waals surface area contributed by atoms with Crippen molar-refractivity contribution in [2.45, 2.75) is 25.9 Å². The highest BCUT2D eigenvalue weighted by atomic mass is 16.6. The minimum Gasteiger partial charge on any atom is -0.481 e. The van der Waals surface area contributed by atoms with E-state index in [1.807, 2.05) is 6.92 Å². The average molecular weight is 255 g/mol. The van der Waals surface area contributed by atoms with Crippen molar-refractivity contribution in [1.29, 1.82) is 0 Å². The van der Waals surface area contributed by atoms with Crippen LogP contribution in [0.25, 0.3) is 0 Å². The Hall–Kier alpha value is -1.89. The predicted octanol–water partition coefficient (Wildman–Crippen LogP) is 1.57. The summed E-state index contributed by atoms with van der Waals surface area (Å²) in [5.74, 6) is 0.391. The van der Waals surface area contributed by atoms with Gasteiger partial charge in [0.15, 0.2) is 0 Å². The van der Waals surface area contributed by atoms with E-state index in [1.165, 1.54) is 19.2 Å². The molecule has 18 heavy (non-hydrogen) atoms. The van der Waals surface area contributed by atoms with Gasteiger partial charge < -0.3 is 15.2 Å². The molecule has 0 spiro atoms. The smallest absolute Gasteiger partial charge is 0.311 e. The van der Waals surface area contributed by atoms with Gasteiger partial charge in [-0.05, 0) is 6.42 Å². The Labute approximate surface area is 105 Å². The van der Waals surface area contributed by atoms with Crippen molar-refractivity contribution in [1.82, 2.24) is 4.98 Å². The van der Waals surface area contributed by atoms with Crippen molar-refractivity contribution < 1.29 is 14.8 Å². The number of aliphatic hydroxyl groups is 1. The molecule has 0 aliphatic rings. The van der Waals surface area contributed by atoms with E-state index in [0.29, 0.717) is 6.42 Å². The summed E-state index contributed by atoms with van der Waals surface area (Å²) in [6.45, 7) is 2.17. The number of nitrogens with zero attached hydrogens (tertiary/aromatic N) is 2. The summed E-state index contributed by atoms with van der Waals surface area (Å²) in [6.07, 6.45) is 0.920. The van der Waals surface area contributed by atoms with Gasteiger partial charge in [0, 0.05) is 18.7 Å². The fourth-order valence-corrected chi connectivity index (χ4v) is 1.47. The van der Waals surface area contributed by atoms with Crippen LogP contribution in [0, 0.1) is 10.1 Å². The van der Waals surface area contributed by atoms with Crippen molar-refractivity contribution in [2.75, 3.05) is 19.0 Å². The lowest BCUT2D eigenvalue weighted by atomic mass is 10.2. The molecule has 100 valence electrons. The summed E-state index contributed by atoms with van der Waals surface area (Å²) in [5, 5.41) is 23.2. The quantitative estimate of drug-likeness (QED) is 0.567. The Bertz CT molecular complexity index is 411. The number of methoxy groups -OCH3 is 1. The van der Waals surface area contributed by atoms with E-state index in [1.54, 1.807) is 0 Å². The molecule has 1 rings (SSSR count). The maximum Gasteiger partial charge on any atom is 0.311 e. The molecular formula is C11H17N3O4. The minimum atomic E-state index is -0.553. The van der Waals surface area contributed by atoms with E-state index < -0.39 is 11.0 Å². The number of pyridine rings is 1. The van der Waals surface area contributed by atoms with Gasteiger partial charge in [-0.2, -0.15) is 4.98 Å². The molecule has 1 heterocycles. The summed E-state index contributed by atoms with van der Waals surface area (Å²) in [5.41, 5.74) is -0.139. The number of hydrogen-bond acceptors (Lipinski definition) is 6. The molecule has 1 atom stereocenters. The fourth-order valence-electron chi connectivity index (χ4n) is 1.47. The zero-order chi connectivity index (χ0) is 13.5. The number of aromatic nitrogens is 1. The van der Waals surface area contributed by atoms with Crippen LogP contribution in [-0.4, -0.2) is 34.8 Å². The summed E-state index contributed by atoms with van der Waals surface area (Å²) < 4.78 is 4.91. The second-order valence-corrected chi connectivity index (χ2v) is 3.80. The Morgan fingerprint density at radius 3 is 2.89 bits per heavy atom. The van der Waals surface area contributed by atoms with Crippen molar-refractivity contribution in [2.24, 2.45) is 0 Å². The molecule has 0 aliphatic carbocycles. The van der Waals surface area contributed by atoms with Crippen LogP contribution in [0.4, 0.5) is 11.5 Å². The second-order valence-electron chi connectivity index (χ2n) is 3.80. The van der Waals surface area contributed by atoms with Crippen LogP contribution in [0.15, 0.2) is 12.1 Å². The number of hydrogen-bond donors (Lipinski definition) is 2. The van der Waals surface area contributed by atoms with Crippen LogP contribution < -0.4 is 10.1 Å². The number of aliphatic hydroxyl groups excluding tert-OH is 1. The molecule has 2 N–H and O–H groups in total. The zero-order valence-electron chi connectivity index (χ0n) is 10.4. The van der Waals surface area contributed by atoms with Crippen molar-refractivity contribution in [3.63, 3.8) is 0 Å². The van der Waals surface area contributed by atoms with Gasteiger partial charge >= 0.3 is 5.69 Å². The van der Waals surface area contributed by atoms with Gasteiger partial charge in [-0.3, -0.25) is 10.1 Å². The Kier molecular flexibility index (Phi) is 5.31. The zero-order valence-corrected chi connectivity index (χ0v) is 10.4. The van der Waals surface area contributed by atoms with Crippen LogP contribution >= 0.6 is 0 Å². The molecule has 7 nitrogen and oxygen atoms in total. The fraction of sp³-hybridized carbons (Fsp3) is 0.545. The van der Waals surface area contributed by atoms with Gasteiger partial charge in [-0.1, -0.05) is 13.3 Å². The molecule has 0 saturated heterocycles. The molecule has 0 aliphatic heterocycles. The molecule has 1 unspecified atom stereocenters. The van der Waals surface area contributed by atoms with E-state index in [-0.39, 0.29) is 23.9 Å². The van der Waals surface area contributed by atoms with E-state index in [0.717, 1.165) is 6.42 Å². The first-order valence-corrected chi connectivity index (χ1v) is 5.69. The number of anilines is 1. The summed E-state index contributed by atoms with van der Waals surface area (Å²) in [7, 11) is 1.43. The lowest BCUT2D eigenvalue weighted by Crippen LogP contribution is -2.20. The molecule has 1 aromatic rings. The number of ether oxygens (including phenoxy) is 1. The van der Waals surface area contributed by atoms with Gasteiger partial charge in [0.25, 0.3) is 0 Å². The van der Waals surface area contributed by atoms with Gasteiger partial charge in [-0.15, -0.1) is 0 Å². The molecule has 7 heteroatoms. The SMILES string of the molecule is CCCC(O)CNc1nc(OC)ccc1[N+](=O)[O-]. The molecule has 0 saturated carbocycles. The maximum atomic E-state index is 10.8. The molecule has 1 aromatic heterocycles. The lowest BCUT2D eigenvalue weighted by Gasteiger charge is -2.11. The predicted molar refractivity (Wildman–Crippen MR) is 66.8 cm³/mol. The first-order chi connectivity index (χ1) is 8.58. The van der Waals surface area contributed by atoms with E-state index in [4.69, 9.17) is 4.74 Å². The monoisotopic (exact) mass is 255 g/mol. The van der Waals surface area contributed by atoms with Crippen molar-refractivity contribution in [3.05, 3.63) is 22.2 Å². The van der Waals surface area contributed by atoms with Gasteiger partial charge in [0.05, 0.1) is 18.1 Å². The highest BCUT2D eigenvalue weighted by Gasteiger charge is 2.17. The highest BCUT2D eigenvalue weighted by molar-refractivity contribution is 5.57. The van der Waals surface area contributed by atoms with Crippen LogP contribution in [0.2, 0.25) is 0 Å². The first kappa shape index (κ1) is 14.2. The van der Waals surface area contributed by atoms with Crippen molar-refractivity contribution in [3.8, 4) is 5.88 Å². The van der Waals surface area contributed by atoms with Crippen molar-refractivity contribution >= 4 is 11.5 Å². The molecular weight excluding hydrogens is 238 g/mol. The Balaban J connectivity index is 2.80. The van der Waals surface area contributed by atoms with E-state index in [2.05, 4.69) is 10.3 Å². The topological polar surface area (TPSA) is 97.5 Å². The number of rotatable bonds is 7. The van der Waals surface area contributed by atoms with Gasteiger partial charge in [-0.25, -0.2) is 0 Å². The van der Waals surface area contributed by atoms with Gasteiger partial charge in [0.2, 0.25) is 11.7 Å². The minimum absolute atomic E-state index is 0.106. The first-order valence-electron chi connectivity index (χ1n) is 5.69. The van der Waals surface area contributed by atoms with Gasteiger partial charge in [0.1, 0.15) is 0 Å². The third-order valence-electron chi connectivity index (χ3n) is 2.38. The van der Waals surface area contributed by atoms with E-state index in [9.17, 15) is 15.2 Å². The lowest BCUT2D eigenvalue weighted by molar-refractivity contribution is -0.384.